The molecule has 0 spiro atoms. The molecule has 3 rings (SSSR count). The third-order valence-corrected chi connectivity index (χ3v) is 3.42. The number of nitrogens with one attached hydrogen (secondary N) is 1. The van der Waals surface area contributed by atoms with E-state index in [-0.39, 0.29) is 0 Å². The summed E-state index contributed by atoms with van der Waals surface area (Å²) in [6.45, 7) is 0. The van der Waals surface area contributed by atoms with Gasteiger partial charge < -0.3 is 10.1 Å². The van der Waals surface area contributed by atoms with Crippen LogP contribution in [0.5, 0.6) is 0 Å². The van der Waals surface area contributed by atoms with Gasteiger partial charge in [-0.1, -0.05) is 0 Å². The van der Waals surface area contributed by atoms with Gasteiger partial charge in [0.15, 0.2) is 5.82 Å². The van der Waals surface area contributed by atoms with Crippen molar-refractivity contribution in [3.63, 3.8) is 0 Å². The van der Waals surface area contributed by atoms with E-state index in [1.54, 1.807) is 18.3 Å². The van der Waals surface area contributed by atoms with Crippen molar-refractivity contribution in [1.82, 2.24) is 15.0 Å². The second-order valence-corrected chi connectivity index (χ2v) is 4.93. The molecule has 0 aliphatic heterocycles. The highest BCUT2D eigenvalue weighted by Crippen LogP contribution is 2.26. The lowest BCUT2D eigenvalue weighted by molar-refractivity contribution is 0.0692. The van der Waals surface area contributed by atoms with Crippen LogP contribution >= 0.6 is 15.9 Å². The van der Waals surface area contributed by atoms with Crippen molar-refractivity contribution in [2.75, 3.05) is 0 Å². The number of carboxylic acids is 1. The van der Waals surface area contributed by atoms with Crippen LogP contribution in [0.4, 0.5) is 4.39 Å². The fraction of sp³-hybridized carbons (Fsp3) is 0. The molecule has 0 aliphatic carbocycles. The molecular formula is C13H7BrFN3O2. The number of hydrogen-bond donors (Lipinski definition) is 2. The Labute approximate surface area is 120 Å². The molecule has 2 aromatic heterocycles. The van der Waals surface area contributed by atoms with Gasteiger partial charge in [0.2, 0.25) is 0 Å². The van der Waals surface area contributed by atoms with Crippen LogP contribution in [0.1, 0.15) is 10.4 Å². The van der Waals surface area contributed by atoms with Gasteiger partial charge in [-0.15, -0.1) is 0 Å². The summed E-state index contributed by atoms with van der Waals surface area (Å²) in [5.74, 6) is -1.69. The maximum absolute atomic E-state index is 13.6. The van der Waals surface area contributed by atoms with Gasteiger partial charge >= 0.3 is 5.97 Å². The van der Waals surface area contributed by atoms with Crippen molar-refractivity contribution in [1.29, 1.82) is 0 Å². The van der Waals surface area contributed by atoms with Gasteiger partial charge in [0.25, 0.3) is 0 Å². The van der Waals surface area contributed by atoms with Crippen LogP contribution in [0.15, 0.2) is 34.9 Å². The molecule has 0 unspecified atom stereocenters. The molecule has 3 aromatic rings. The van der Waals surface area contributed by atoms with Crippen LogP contribution in [-0.2, 0) is 0 Å². The first kappa shape index (κ1) is 12.7. The SMILES string of the molecule is O=C(O)c1cc2nc(-c3ncccc3Br)[nH]c2cc1F. The molecule has 0 atom stereocenters. The quantitative estimate of drug-likeness (QED) is 0.753. The summed E-state index contributed by atoms with van der Waals surface area (Å²) >= 11 is 3.35. The van der Waals surface area contributed by atoms with Crippen LogP contribution in [-0.4, -0.2) is 26.0 Å². The highest BCUT2D eigenvalue weighted by molar-refractivity contribution is 9.10. The molecule has 0 radical (unpaired) electrons. The van der Waals surface area contributed by atoms with Crippen molar-refractivity contribution < 1.29 is 14.3 Å². The number of hydrogen-bond acceptors (Lipinski definition) is 3. The first-order chi connectivity index (χ1) is 9.56. The molecule has 100 valence electrons. The van der Waals surface area contributed by atoms with E-state index in [0.29, 0.717) is 22.6 Å². The summed E-state index contributed by atoms with van der Waals surface area (Å²) in [5.41, 5.74) is 0.952. The van der Waals surface area contributed by atoms with Gasteiger partial charge in [0.1, 0.15) is 11.5 Å². The number of carboxylic acid groups (broad SMARTS) is 1. The van der Waals surface area contributed by atoms with E-state index < -0.39 is 17.3 Å². The second kappa shape index (κ2) is 4.68. The minimum absolute atomic E-state index is 0.372. The van der Waals surface area contributed by atoms with E-state index in [2.05, 4.69) is 30.9 Å². The van der Waals surface area contributed by atoms with Crippen LogP contribution in [0, 0.1) is 5.82 Å². The molecular weight excluding hydrogens is 329 g/mol. The molecule has 0 saturated carbocycles. The molecule has 5 nitrogen and oxygen atoms in total. The number of benzene rings is 1. The smallest absolute Gasteiger partial charge is 0.338 e. The minimum Gasteiger partial charge on any atom is -0.478 e. The number of pyridine rings is 1. The summed E-state index contributed by atoms with van der Waals surface area (Å²) in [6, 6.07) is 5.88. The maximum Gasteiger partial charge on any atom is 0.338 e. The Kier molecular flexibility index (Phi) is 2.98. The first-order valence-corrected chi connectivity index (χ1v) is 6.39. The highest BCUT2D eigenvalue weighted by Gasteiger charge is 2.15. The first-order valence-electron chi connectivity index (χ1n) is 5.59. The normalized spacial score (nSPS) is 10.9. The van der Waals surface area contributed by atoms with E-state index in [1.807, 2.05) is 0 Å². The lowest BCUT2D eigenvalue weighted by atomic mass is 10.2. The van der Waals surface area contributed by atoms with Crippen molar-refractivity contribution >= 4 is 32.9 Å². The van der Waals surface area contributed by atoms with Gasteiger partial charge in [-0.05, 0) is 34.1 Å². The van der Waals surface area contributed by atoms with Crippen molar-refractivity contribution in [3.8, 4) is 11.5 Å². The van der Waals surface area contributed by atoms with E-state index in [0.717, 1.165) is 10.5 Å². The molecule has 20 heavy (non-hydrogen) atoms. The van der Waals surface area contributed by atoms with Gasteiger partial charge in [0.05, 0.1) is 16.6 Å². The molecule has 0 amide bonds. The number of nitrogens with zero attached hydrogens (tertiary/aromatic N) is 2. The molecule has 1 aromatic carbocycles. The van der Waals surface area contributed by atoms with Crippen LogP contribution in [0.2, 0.25) is 0 Å². The molecule has 2 heterocycles. The van der Waals surface area contributed by atoms with E-state index in [1.165, 1.54) is 6.07 Å². The number of carbonyl (C=O) groups is 1. The lowest BCUT2D eigenvalue weighted by Crippen LogP contribution is -1.99. The van der Waals surface area contributed by atoms with Crippen molar-refractivity contribution in [2.24, 2.45) is 0 Å². The fourth-order valence-electron chi connectivity index (χ4n) is 1.87. The number of aromatic carboxylic acids is 1. The average molecular weight is 336 g/mol. The molecule has 0 aliphatic rings. The number of aromatic nitrogens is 3. The largest absolute Gasteiger partial charge is 0.478 e. The summed E-state index contributed by atoms with van der Waals surface area (Å²) in [4.78, 5) is 22.2. The molecule has 0 bridgehead atoms. The van der Waals surface area contributed by atoms with Crippen LogP contribution in [0.25, 0.3) is 22.6 Å². The zero-order valence-corrected chi connectivity index (χ0v) is 11.5. The summed E-state index contributed by atoms with van der Waals surface area (Å²) in [6.07, 6.45) is 1.61. The Hall–Kier alpha value is -2.28. The molecule has 7 heteroatoms. The van der Waals surface area contributed by atoms with Crippen LogP contribution in [0.3, 0.4) is 0 Å². The topological polar surface area (TPSA) is 78.9 Å². The fourth-order valence-corrected chi connectivity index (χ4v) is 2.31. The molecule has 2 N–H and O–H groups in total. The Bertz CT molecular complexity index is 832. The van der Waals surface area contributed by atoms with Gasteiger partial charge in [-0.2, -0.15) is 0 Å². The number of fused-ring (bicyclic) bond motifs is 1. The average Bonchev–Trinajstić information content (AvgIpc) is 2.80. The standard InChI is InChI=1S/C13H7BrFN3O2/c14-7-2-1-3-16-11(7)12-17-9-4-6(13(19)20)8(15)5-10(9)18-12/h1-5H,(H,17,18)(H,19,20). The number of aromatic amines is 1. The van der Waals surface area contributed by atoms with Crippen LogP contribution < -0.4 is 0 Å². The minimum atomic E-state index is -1.33. The molecule has 0 saturated heterocycles. The van der Waals surface area contributed by atoms with Gasteiger partial charge in [0, 0.05) is 16.7 Å². The number of halogens is 2. The summed E-state index contributed by atoms with van der Waals surface area (Å²) < 4.78 is 14.3. The Morgan fingerprint density at radius 1 is 1.40 bits per heavy atom. The number of imidazole rings is 1. The van der Waals surface area contributed by atoms with Crippen molar-refractivity contribution in [2.45, 2.75) is 0 Å². The summed E-state index contributed by atoms with van der Waals surface area (Å²) in [7, 11) is 0. The zero-order chi connectivity index (χ0) is 14.3. The number of rotatable bonds is 2. The monoisotopic (exact) mass is 335 g/mol. The van der Waals surface area contributed by atoms with Gasteiger partial charge in [-0.3, -0.25) is 4.98 Å². The second-order valence-electron chi connectivity index (χ2n) is 4.07. The summed E-state index contributed by atoms with van der Waals surface area (Å²) in [5, 5.41) is 8.90. The Morgan fingerprint density at radius 2 is 2.20 bits per heavy atom. The Balaban J connectivity index is 2.21. The predicted octanol–water partition coefficient (Wildman–Crippen LogP) is 3.22. The third kappa shape index (κ3) is 2.05. The van der Waals surface area contributed by atoms with Gasteiger partial charge in [-0.25, -0.2) is 14.2 Å². The van der Waals surface area contributed by atoms with E-state index in [9.17, 15) is 9.18 Å². The Morgan fingerprint density at radius 3 is 2.90 bits per heavy atom. The van der Waals surface area contributed by atoms with Crippen molar-refractivity contribution in [3.05, 3.63) is 46.3 Å². The number of H-pyrrole nitrogens is 1. The third-order valence-electron chi connectivity index (χ3n) is 2.78. The molecule has 0 fully saturated rings. The maximum atomic E-state index is 13.6. The van der Waals surface area contributed by atoms with E-state index >= 15 is 0 Å². The predicted molar refractivity (Wildman–Crippen MR) is 73.9 cm³/mol. The lowest BCUT2D eigenvalue weighted by Gasteiger charge is -1.97. The zero-order valence-electron chi connectivity index (χ0n) is 9.89. The highest BCUT2D eigenvalue weighted by atomic mass is 79.9. The van der Waals surface area contributed by atoms with E-state index in [4.69, 9.17) is 5.11 Å².